The quantitative estimate of drug-likeness (QED) is 0.109. The van der Waals surface area contributed by atoms with Crippen LogP contribution in [0.15, 0.2) is 95.2 Å². The van der Waals surface area contributed by atoms with Gasteiger partial charge in [-0.25, -0.2) is 0 Å². The molecule has 204 valence electrons. The summed E-state index contributed by atoms with van der Waals surface area (Å²) in [6.07, 6.45) is 0. The molecule has 0 saturated carbocycles. The van der Waals surface area contributed by atoms with Crippen molar-refractivity contribution in [3.63, 3.8) is 0 Å². The molecule has 0 unspecified atom stereocenters. The predicted octanol–water partition coefficient (Wildman–Crippen LogP) is 2.04. The maximum atomic E-state index is 9.07. The molecule has 4 nitrogen and oxygen atoms in total. The smallest absolute Gasteiger partial charge is 1.00 e. The number of hydrogen-bond donors (Lipinski definition) is 2. The van der Waals surface area contributed by atoms with Crippen molar-refractivity contribution in [3.8, 4) is 0 Å². The minimum Gasteiger partial charge on any atom is -1.00 e. The van der Waals surface area contributed by atoms with Gasteiger partial charge in [0.15, 0.2) is 0 Å². The molecule has 4 aromatic rings. The van der Waals surface area contributed by atoms with Crippen LogP contribution in [0.4, 0.5) is 0 Å². The van der Waals surface area contributed by atoms with Crippen LogP contribution in [-0.4, -0.2) is 21.8 Å². The summed E-state index contributed by atoms with van der Waals surface area (Å²) in [4.78, 5) is 0. The Bertz CT molecular complexity index is 1090. The van der Waals surface area contributed by atoms with E-state index in [9.17, 15) is 0 Å². The SMILES string of the molecule is O/N=C(\c1[c-]cc(Cl)cc1)c1ccc(Cl)cc1.O/N=C(\c1[c-]cc(Cl)cc1)c1ccc(Cl)cc1.[Cl-].[Cl-].[Pd+2].[Pd+2]. The van der Waals surface area contributed by atoms with Gasteiger partial charge in [-0.3, -0.25) is 0 Å². The molecule has 0 spiro atoms. The van der Waals surface area contributed by atoms with E-state index in [2.05, 4.69) is 22.4 Å². The second kappa shape index (κ2) is 19.9. The fourth-order valence-corrected chi connectivity index (χ4v) is 3.34. The van der Waals surface area contributed by atoms with Crippen LogP contribution in [0.25, 0.3) is 0 Å². The fourth-order valence-electron chi connectivity index (χ4n) is 2.86. The molecule has 0 aliphatic heterocycles. The first-order valence-electron chi connectivity index (χ1n) is 9.72. The molecule has 0 aliphatic carbocycles. The van der Waals surface area contributed by atoms with E-state index in [1.807, 2.05) is 0 Å². The molecule has 0 fully saturated rings. The third-order valence-corrected chi connectivity index (χ3v) is 5.47. The van der Waals surface area contributed by atoms with Gasteiger partial charge < -0.3 is 35.2 Å². The molecule has 0 aliphatic rings. The van der Waals surface area contributed by atoms with Gasteiger partial charge >= 0.3 is 40.8 Å². The maximum Gasteiger partial charge on any atom is 2.00 e. The molecule has 2 N–H and O–H groups in total. The van der Waals surface area contributed by atoms with E-state index >= 15 is 0 Å². The molecule has 12 heteroatoms. The van der Waals surface area contributed by atoms with Gasteiger partial charge in [0, 0.05) is 21.5 Å². The van der Waals surface area contributed by atoms with Crippen molar-refractivity contribution in [1.29, 1.82) is 0 Å². The summed E-state index contributed by atoms with van der Waals surface area (Å²) in [5.74, 6) is 0. The van der Waals surface area contributed by atoms with Crippen molar-refractivity contribution >= 4 is 57.8 Å². The second-order valence-electron chi connectivity index (χ2n) is 6.75. The minimum absolute atomic E-state index is 0. The van der Waals surface area contributed by atoms with Gasteiger partial charge in [-0.1, -0.05) is 47.5 Å². The number of hydrogen-bond acceptors (Lipinski definition) is 4. The second-order valence-corrected chi connectivity index (χ2v) is 8.50. The third-order valence-electron chi connectivity index (χ3n) is 4.50. The molecule has 0 aromatic heterocycles. The van der Waals surface area contributed by atoms with Gasteiger partial charge in [0.25, 0.3) is 0 Å². The first-order valence-corrected chi connectivity index (χ1v) is 11.2. The van der Waals surface area contributed by atoms with E-state index in [1.165, 1.54) is 0 Å². The van der Waals surface area contributed by atoms with Crippen LogP contribution in [0, 0.1) is 12.1 Å². The third kappa shape index (κ3) is 11.6. The molecule has 0 radical (unpaired) electrons. The van der Waals surface area contributed by atoms with Crippen molar-refractivity contribution < 1.29 is 76.1 Å². The molecular formula is C26H16Cl6N2O2Pd2. The zero-order valence-electron chi connectivity index (χ0n) is 18.8. The molecule has 4 aromatic carbocycles. The monoisotopic (exact) mass is 810 g/mol. The molecule has 38 heavy (non-hydrogen) atoms. The number of benzene rings is 4. The molecule has 0 atom stereocenters. The van der Waals surface area contributed by atoms with Crippen LogP contribution in [0.1, 0.15) is 22.3 Å². The van der Waals surface area contributed by atoms with Gasteiger partial charge in [-0.2, -0.15) is 0 Å². The summed E-state index contributed by atoms with van der Waals surface area (Å²) < 4.78 is 0. The molecular weight excluding hydrogens is 798 g/mol. The molecule has 0 saturated heterocycles. The first kappa shape index (κ1) is 39.0. The molecule has 0 heterocycles. The van der Waals surface area contributed by atoms with Gasteiger partial charge in [-0.15, -0.1) is 93.2 Å². The van der Waals surface area contributed by atoms with E-state index in [0.717, 1.165) is 11.1 Å². The molecule has 0 amide bonds. The van der Waals surface area contributed by atoms with Crippen LogP contribution in [-0.2, 0) is 40.8 Å². The van der Waals surface area contributed by atoms with Gasteiger partial charge in [0.2, 0.25) is 0 Å². The van der Waals surface area contributed by atoms with Gasteiger partial charge in [0.05, 0.1) is 0 Å². The first-order chi connectivity index (χ1) is 16.4. The Labute approximate surface area is 281 Å². The molecule has 0 bridgehead atoms. The van der Waals surface area contributed by atoms with E-state index in [0.29, 0.717) is 42.6 Å². The van der Waals surface area contributed by atoms with Crippen molar-refractivity contribution in [2.24, 2.45) is 10.3 Å². The zero-order chi connectivity index (χ0) is 24.5. The Morgan fingerprint density at radius 2 is 0.789 bits per heavy atom. The normalized spacial score (nSPS) is 10.3. The van der Waals surface area contributed by atoms with Crippen molar-refractivity contribution in [3.05, 3.63) is 139 Å². The standard InChI is InChI=1S/2C13H8Cl2NO.2ClH.2Pd/c2*14-11-5-1-9(2-6-11)13(16-17)10-3-7-12(15)8-4-10;;;;/h2*1-3,5-8,17H;2*1H;;/q2*-1;;;2*+2/p-2/b2*16-13-;;;;. The zero-order valence-corrected chi connectivity index (χ0v) is 26.4. The van der Waals surface area contributed by atoms with Crippen LogP contribution < -0.4 is 24.8 Å². The van der Waals surface area contributed by atoms with Crippen molar-refractivity contribution in [2.75, 3.05) is 0 Å². The molecule has 4 rings (SSSR count). The number of rotatable bonds is 4. The summed E-state index contributed by atoms with van der Waals surface area (Å²) in [6, 6.07) is 30.1. The Balaban J connectivity index is 0. The van der Waals surface area contributed by atoms with Gasteiger partial charge in [0.1, 0.15) is 0 Å². The Kier molecular flexibility index (Phi) is 20.4. The van der Waals surface area contributed by atoms with Crippen LogP contribution in [0.2, 0.25) is 20.1 Å². The average Bonchev–Trinajstić information content (AvgIpc) is 2.85. The number of halogens is 6. The van der Waals surface area contributed by atoms with Crippen molar-refractivity contribution in [2.45, 2.75) is 0 Å². The van der Waals surface area contributed by atoms with E-state index in [1.54, 1.807) is 84.9 Å². The van der Waals surface area contributed by atoms with E-state index < -0.39 is 0 Å². The van der Waals surface area contributed by atoms with Crippen molar-refractivity contribution in [1.82, 2.24) is 0 Å². The summed E-state index contributed by atoms with van der Waals surface area (Å²) in [7, 11) is 0. The predicted molar refractivity (Wildman–Crippen MR) is 138 cm³/mol. The largest absolute Gasteiger partial charge is 2.00 e. The minimum atomic E-state index is 0. The maximum absolute atomic E-state index is 9.07. The summed E-state index contributed by atoms with van der Waals surface area (Å²) >= 11 is 23.1. The Morgan fingerprint density at radius 1 is 0.500 bits per heavy atom. The topological polar surface area (TPSA) is 65.2 Å². The summed E-state index contributed by atoms with van der Waals surface area (Å²) in [5.41, 5.74) is 3.71. The fraction of sp³-hybridized carbons (Fsp3) is 0. The van der Waals surface area contributed by atoms with E-state index in [4.69, 9.17) is 56.8 Å². The van der Waals surface area contributed by atoms with Crippen LogP contribution in [0.5, 0.6) is 0 Å². The Morgan fingerprint density at radius 3 is 1.03 bits per heavy atom. The van der Waals surface area contributed by atoms with Gasteiger partial charge in [-0.05, 0) is 45.4 Å². The van der Waals surface area contributed by atoms with E-state index in [-0.39, 0.29) is 65.7 Å². The number of nitrogens with zero attached hydrogens (tertiary/aromatic N) is 2. The number of oxime groups is 2. The average molecular weight is 814 g/mol. The van der Waals surface area contributed by atoms with Crippen LogP contribution >= 0.6 is 46.4 Å². The van der Waals surface area contributed by atoms with Crippen LogP contribution in [0.3, 0.4) is 0 Å². The Hall–Kier alpha value is -1.12. The summed E-state index contributed by atoms with van der Waals surface area (Å²) in [5, 5.41) is 27.2. The summed E-state index contributed by atoms with van der Waals surface area (Å²) in [6.45, 7) is 0.